The summed E-state index contributed by atoms with van der Waals surface area (Å²) < 4.78 is 5.59. The molecule has 0 saturated carbocycles. The van der Waals surface area contributed by atoms with Crippen molar-refractivity contribution < 1.29 is 4.74 Å². The molecular formula is C41H58N2O. The smallest absolute Gasteiger partial charge is 0.119 e. The topological polar surface area (TPSA) is 47.3 Å². The van der Waals surface area contributed by atoms with E-state index in [1.807, 2.05) is 87.6 Å². The summed E-state index contributed by atoms with van der Waals surface area (Å²) in [7, 11) is 3.48. The van der Waals surface area contributed by atoms with E-state index in [9.17, 15) is 0 Å². The average Bonchev–Trinajstić information content (AvgIpc) is 3.13. The zero-order valence-electron chi connectivity index (χ0n) is 28.4. The highest BCUT2D eigenvalue weighted by Crippen LogP contribution is 2.13. The number of nitrogens with one attached hydrogen (secondary N) is 1. The lowest BCUT2D eigenvalue weighted by Crippen LogP contribution is -2.11. The summed E-state index contributed by atoms with van der Waals surface area (Å²) in [6, 6.07) is 39.7. The fourth-order valence-electron chi connectivity index (χ4n) is 3.34. The van der Waals surface area contributed by atoms with E-state index < -0.39 is 0 Å². The van der Waals surface area contributed by atoms with Crippen LogP contribution in [0.5, 0.6) is 5.75 Å². The van der Waals surface area contributed by atoms with Gasteiger partial charge in [-0.15, -0.1) is 0 Å². The van der Waals surface area contributed by atoms with Crippen molar-refractivity contribution in [2.24, 2.45) is 5.73 Å². The van der Waals surface area contributed by atoms with Crippen molar-refractivity contribution >= 4 is 0 Å². The number of rotatable bonds is 9. The fourth-order valence-corrected chi connectivity index (χ4v) is 3.34. The summed E-state index contributed by atoms with van der Waals surface area (Å²) >= 11 is 0. The lowest BCUT2D eigenvalue weighted by molar-refractivity contribution is 0.306. The van der Waals surface area contributed by atoms with E-state index in [0.717, 1.165) is 18.6 Å². The first-order valence-electron chi connectivity index (χ1n) is 15.6. The molecule has 4 aromatic carbocycles. The molecule has 0 aromatic heterocycles. The van der Waals surface area contributed by atoms with E-state index >= 15 is 0 Å². The largest absolute Gasteiger partial charge is 0.489 e. The Bertz CT molecular complexity index is 1120. The first kappa shape index (κ1) is 42.0. The maximum atomic E-state index is 5.59. The monoisotopic (exact) mass is 594 g/mol. The number of hydrogen-bond donors (Lipinski definition) is 2. The Morgan fingerprint density at radius 3 is 1.39 bits per heavy atom. The van der Waals surface area contributed by atoms with Gasteiger partial charge in [0.05, 0.1) is 0 Å². The van der Waals surface area contributed by atoms with Crippen molar-refractivity contribution in [3.8, 4) is 5.75 Å². The van der Waals surface area contributed by atoms with Crippen molar-refractivity contribution in [1.82, 2.24) is 5.32 Å². The third-order valence-corrected chi connectivity index (χ3v) is 5.95. The summed E-state index contributed by atoms with van der Waals surface area (Å²) in [6.45, 7) is 18.1. The van der Waals surface area contributed by atoms with Crippen molar-refractivity contribution in [3.63, 3.8) is 0 Å². The van der Waals surface area contributed by atoms with Crippen molar-refractivity contribution in [1.29, 1.82) is 0 Å². The third kappa shape index (κ3) is 22.4. The highest BCUT2D eigenvalue weighted by molar-refractivity contribution is 5.25. The van der Waals surface area contributed by atoms with Gasteiger partial charge in [0.15, 0.2) is 0 Å². The van der Waals surface area contributed by atoms with Crippen LogP contribution in [0.1, 0.15) is 62.9 Å². The molecule has 0 amide bonds. The van der Waals surface area contributed by atoms with Crippen molar-refractivity contribution in [2.75, 3.05) is 14.1 Å². The van der Waals surface area contributed by atoms with Crippen LogP contribution in [-0.4, -0.2) is 14.1 Å². The zero-order chi connectivity index (χ0) is 33.3. The van der Waals surface area contributed by atoms with E-state index in [4.69, 9.17) is 4.74 Å². The molecule has 0 aliphatic heterocycles. The molecule has 0 saturated heterocycles. The molecule has 0 spiro atoms. The average molecular weight is 595 g/mol. The number of hydrogen-bond acceptors (Lipinski definition) is 3. The molecule has 44 heavy (non-hydrogen) atoms. The Morgan fingerprint density at radius 2 is 1.02 bits per heavy atom. The summed E-state index contributed by atoms with van der Waals surface area (Å²) in [4.78, 5) is 0. The molecular weight excluding hydrogens is 536 g/mol. The highest BCUT2D eigenvalue weighted by atomic mass is 16.5. The molecule has 1 unspecified atom stereocenters. The second-order valence-corrected chi connectivity index (χ2v) is 8.89. The first-order chi connectivity index (χ1) is 21.6. The minimum absolute atomic E-state index is 0.455. The Hall–Kier alpha value is -4.18. The molecule has 0 aliphatic carbocycles. The van der Waals surface area contributed by atoms with E-state index in [2.05, 4.69) is 106 Å². The molecule has 0 heterocycles. The van der Waals surface area contributed by atoms with Crippen LogP contribution in [0.15, 0.2) is 153 Å². The maximum absolute atomic E-state index is 5.59. The van der Waals surface area contributed by atoms with Crippen LogP contribution in [0.3, 0.4) is 0 Å². The van der Waals surface area contributed by atoms with Gasteiger partial charge in [0.1, 0.15) is 12.4 Å². The molecule has 0 radical (unpaired) electrons. The molecule has 4 rings (SSSR count). The molecule has 0 aliphatic rings. The van der Waals surface area contributed by atoms with Gasteiger partial charge in [-0.25, -0.2) is 0 Å². The van der Waals surface area contributed by atoms with Crippen LogP contribution < -0.4 is 15.8 Å². The molecule has 3 nitrogen and oxygen atoms in total. The number of benzene rings is 4. The quantitative estimate of drug-likeness (QED) is 0.190. The van der Waals surface area contributed by atoms with Gasteiger partial charge in [0.2, 0.25) is 0 Å². The minimum Gasteiger partial charge on any atom is -0.489 e. The molecule has 3 heteroatoms. The second-order valence-electron chi connectivity index (χ2n) is 8.89. The predicted octanol–water partition coefficient (Wildman–Crippen LogP) is 10.6. The number of nitrogens with two attached hydrogens (primary N) is 1. The molecule has 0 fully saturated rings. The lowest BCUT2D eigenvalue weighted by Gasteiger charge is -2.10. The number of para-hydroxylation sites is 1. The van der Waals surface area contributed by atoms with E-state index in [1.165, 1.54) is 29.3 Å². The summed E-state index contributed by atoms with van der Waals surface area (Å²) in [5, 5.41) is 3.22. The normalized spacial score (nSPS) is 9.73. The van der Waals surface area contributed by atoms with Crippen LogP contribution in [0.2, 0.25) is 0 Å². The third-order valence-electron chi connectivity index (χ3n) is 5.95. The predicted molar refractivity (Wildman–Crippen MR) is 197 cm³/mol. The van der Waals surface area contributed by atoms with Crippen molar-refractivity contribution in [2.45, 2.75) is 60.1 Å². The number of allylic oxidation sites excluding steroid dienone is 4. The van der Waals surface area contributed by atoms with E-state index in [1.54, 1.807) is 12.2 Å². The lowest BCUT2D eigenvalue weighted by atomic mass is 10.1. The Kier molecular flexibility index (Phi) is 30.3. The minimum atomic E-state index is 0.455. The van der Waals surface area contributed by atoms with Crippen LogP contribution in [-0.2, 0) is 19.4 Å². The Morgan fingerprint density at radius 1 is 0.636 bits per heavy atom. The van der Waals surface area contributed by atoms with Gasteiger partial charge in [-0.2, -0.15) is 0 Å². The first-order valence-corrected chi connectivity index (χ1v) is 15.6. The standard InChI is InChI=1S/C13H12O.C11H17N.C8H10.C6H8.C2H6.CH5N/c1-3-7-12(8-4-1)11-14-13-9-5-2-6-10-13;1-4-10-5-7-11(8-6-10)9(2)12-3;1-2-8-6-4-3-5-7-8;1-3-5-6-4-2;2*1-2/h1-10H,11H2;5-9,12H,4H2,1-3H3;3-7H,2H2,1H3;3-6H,1-2H2;1-2H3;2H2,1H3/b;;;6-5-;;. The molecule has 4 aromatic rings. The van der Waals surface area contributed by atoms with E-state index in [0.29, 0.717) is 12.6 Å². The van der Waals surface area contributed by atoms with E-state index in [-0.39, 0.29) is 0 Å². The summed E-state index contributed by atoms with van der Waals surface area (Å²) in [6.07, 6.45) is 9.33. The van der Waals surface area contributed by atoms with Gasteiger partial charge >= 0.3 is 0 Å². The van der Waals surface area contributed by atoms with Crippen LogP contribution in [0, 0.1) is 0 Å². The van der Waals surface area contributed by atoms with Crippen LogP contribution >= 0.6 is 0 Å². The SMILES string of the molecule is C=C/C=C\C=C.CC.CCc1ccc(C(C)NC)cc1.CCc1ccccc1.CN.c1ccc(COc2ccccc2)cc1. The highest BCUT2D eigenvalue weighted by Gasteiger charge is 2.00. The number of ether oxygens (including phenoxy) is 1. The van der Waals surface area contributed by atoms with Crippen molar-refractivity contribution in [3.05, 3.63) is 175 Å². The van der Waals surface area contributed by atoms with Gasteiger partial charge in [0, 0.05) is 6.04 Å². The second kappa shape index (κ2) is 31.7. The fraction of sp³-hybridized carbons (Fsp3) is 0.268. The van der Waals surface area contributed by atoms with Gasteiger partial charge in [-0.05, 0) is 68.2 Å². The molecule has 1 atom stereocenters. The molecule has 238 valence electrons. The zero-order valence-corrected chi connectivity index (χ0v) is 28.4. The van der Waals surface area contributed by atoms with Crippen LogP contribution in [0.4, 0.5) is 0 Å². The van der Waals surface area contributed by atoms with Gasteiger partial charge in [-0.1, -0.05) is 168 Å². The summed E-state index contributed by atoms with van der Waals surface area (Å²) in [5.41, 5.74) is 9.86. The Balaban J connectivity index is 0. The van der Waals surface area contributed by atoms with Crippen LogP contribution in [0.25, 0.3) is 0 Å². The van der Waals surface area contributed by atoms with Gasteiger partial charge < -0.3 is 15.8 Å². The molecule has 0 bridgehead atoms. The molecule has 3 N–H and O–H groups in total. The summed E-state index contributed by atoms with van der Waals surface area (Å²) in [5.74, 6) is 0.913. The maximum Gasteiger partial charge on any atom is 0.119 e. The Labute approximate surface area is 270 Å². The van der Waals surface area contributed by atoms with Gasteiger partial charge in [-0.3, -0.25) is 0 Å². The van der Waals surface area contributed by atoms with Gasteiger partial charge in [0.25, 0.3) is 0 Å². The number of aryl methyl sites for hydroxylation is 2.